The average Bonchev–Trinajstić information content (AvgIpc) is 2.38. The van der Waals surface area contributed by atoms with Crippen molar-refractivity contribution in [2.75, 3.05) is 25.0 Å². The molecule has 0 bridgehead atoms. The molecule has 4 nitrogen and oxygen atoms in total. The SMILES string of the molecule is C[C@H](C(=O)Nc1cccc(Cl)c1)N1CCO[C@@H](C)C1. The number of benzene rings is 1. The van der Waals surface area contributed by atoms with Gasteiger partial charge in [0.05, 0.1) is 18.8 Å². The fourth-order valence-corrected chi connectivity index (χ4v) is 2.37. The van der Waals surface area contributed by atoms with Crippen molar-refractivity contribution in [3.8, 4) is 0 Å². The van der Waals surface area contributed by atoms with E-state index >= 15 is 0 Å². The van der Waals surface area contributed by atoms with E-state index in [2.05, 4.69) is 10.2 Å². The largest absolute Gasteiger partial charge is 0.376 e. The summed E-state index contributed by atoms with van der Waals surface area (Å²) in [4.78, 5) is 14.3. The number of carbonyl (C=O) groups is 1. The molecule has 0 saturated carbocycles. The summed E-state index contributed by atoms with van der Waals surface area (Å²) in [5.74, 6) is -0.0173. The highest BCUT2D eigenvalue weighted by atomic mass is 35.5. The molecule has 1 aliphatic heterocycles. The summed E-state index contributed by atoms with van der Waals surface area (Å²) in [5.41, 5.74) is 0.727. The number of anilines is 1. The van der Waals surface area contributed by atoms with Crippen LogP contribution in [0.15, 0.2) is 24.3 Å². The van der Waals surface area contributed by atoms with Gasteiger partial charge in [-0.05, 0) is 32.0 Å². The van der Waals surface area contributed by atoms with E-state index in [4.69, 9.17) is 16.3 Å². The molecule has 0 aliphatic carbocycles. The van der Waals surface area contributed by atoms with Gasteiger partial charge < -0.3 is 10.1 Å². The number of rotatable bonds is 3. The van der Waals surface area contributed by atoms with E-state index in [0.29, 0.717) is 11.6 Å². The highest BCUT2D eigenvalue weighted by Gasteiger charge is 2.25. The van der Waals surface area contributed by atoms with Gasteiger partial charge in [-0.3, -0.25) is 9.69 Å². The van der Waals surface area contributed by atoms with E-state index in [1.165, 1.54) is 0 Å². The zero-order valence-electron chi connectivity index (χ0n) is 11.2. The van der Waals surface area contributed by atoms with Gasteiger partial charge in [0.1, 0.15) is 0 Å². The highest BCUT2D eigenvalue weighted by Crippen LogP contribution is 2.16. The first kappa shape index (κ1) is 14.3. The van der Waals surface area contributed by atoms with Crippen LogP contribution in [-0.2, 0) is 9.53 Å². The molecule has 0 unspecified atom stereocenters. The van der Waals surface area contributed by atoms with Crippen LogP contribution in [0.1, 0.15) is 13.8 Å². The molecule has 1 aromatic carbocycles. The van der Waals surface area contributed by atoms with Crippen molar-refractivity contribution in [2.45, 2.75) is 26.0 Å². The minimum Gasteiger partial charge on any atom is -0.376 e. The number of morpholine rings is 1. The number of ether oxygens (including phenoxy) is 1. The molecule has 0 aromatic heterocycles. The second-order valence-electron chi connectivity index (χ2n) is 4.85. The Morgan fingerprint density at radius 2 is 2.37 bits per heavy atom. The van der Waals surface area contributed by atoms with Crippen LogP contribution in [0.5, 0.6) is 0 Å². The Labute approximate surface area is 118 Å². The fourth-order valence-electron chi connectivity index (χ4n) is 2.18. The van der Waals surface area contributed by atoms with Gasteiger partial charge in [0.2, 0.25) is 5.91 Å². The number of halogens is 1. The van der Waals surface area contributed by atoms with Crippen molar-refractivity contribution in [2.24, 2.45) is 0 Å². The fraction of sp³-hybridized carbons (Fsp3) is 0.500. The molecule has 1 N–H and O–H groups in total. The molecule has 19 heavy (non-hydrogen) atoms. The third-order valence-electron chi connectivity index (χ3n) is 3.29. The molecule has 1 heterocycles. The molecule has 0 radical (unpaired) electrons. The summed E-state index contributed by atoms with van der Waals surface area (Å²) in [6, 6.07) is 7.00. The molecular formula is C14H19ClN2O2. The first-order chi connectivity index (χ1) is 9.06. The standard InChI is InChI=1S/C14H19ClN2O2/c1-10-9-17(6-7-19-10)11(2)14(18)16-13-5-3-4-12(15)8-13/h3-5,8,10-11H,6-7,9H2,1-2H3,(H,16,18)/t10-,11+/m0/s1. The molecule has 5 heteroatoms. The van der Waals surface area contributed by atoms with Crippen LogP contribution in [0.3, 0.4) is 0 Å². The molecule has 104 valence electrons. The lowest BCUT2D eigenvalue weighted by atomic mass is 10.2. The Morgan fingerprint density at radius 3 is 3.05 bits per heavy atom. The third-order valence-corrected chi connectivity index (χ3v) is 3.53. The quantitative estimate of drug-likeness (QED) is 0.925. The van der Waals surface area contributed by atoms with Crippen molar-refractivity contribution < 1.29 is 9.53 Å². The molecular weight excluding hydrogens is 264 g/mol. The van der Waals surface area contributed by atoms with E-state index < -0.39 is 0 Å². The van der Waals surface area contributed by atoms with Gasteiger partial charge in [-0.1, -0.05) is 17.7 Å². The minimum atomic E-state index is -0.176. The molecule has 1 aliphatic rings. The number of hydrogen-bond donors (Lipinski definition) is 1. The Hall–Kier alpha value is -1.10. The maximum atomic E-state index is 12.2. The molecule has 1 amide bonds. The Morgan fingerprint density at radius 1 is 1.58 bits per heavy atom. The Balaban J connectivity index is 1.95. The van der Waals surface area contributed by atoms with E-state index in [-0.39, 0.29) is 18.1 Å². The first-order valence-electron chi connectivity index (χ1n) is 6.48. The average molecular weight is 283 g/mol. The van der Waals surface area contributed by atoms with Crippen molar-refractivity contribution in [1.82, 2.24) is 4.90 Å². The molecule has 1 fully saturated rings. The predicted octanol–water partition coefficient (Wildman–Crippen LogP) is 2.39. The number of nitrogens with one attached hydrogen (secondary N) is 1. The van der Waals surface area contributed by atoms with E-state index in [9.17, 15) is 4.79 Å². The van der Waals surface area contributed by atoms with Gasteiger partial charge in [-0.15, -0.1) is 0 Å². The van der Waals surface area contributed by atoms with Crippen LogP contribution < -0.4 is 5.32 Å². The molecule has 2 rings (SSSR count). The van der Waals surface area contributed by atoms with Crippen LogP contribution in [0.25, 0.3) is 0 Å². The van der Waals surface area contributed by atoms with E-state index in [0.717, 1.165) is 18.8 Å². The minimum absolute atomic E-state index is 0.0173. The van der Waals surface area contributed by atoms with E-state index in [1.54, 1.807) is 12.1 Å². The van der Waals surface area contributed by atoms with Crippen molar-refractivity contribution in [3.63, 3.8) is 0 Å². The number of hydrogen-bond acceptors (Lipinski definition) is 3. The summed E-state index contributed by atoms with van der Waals surface area (Å²) in [7, 11) is 0. The van der Waals surface area contributed by atoms with Gasteiger partial charge in [-0.25, -0.2) is 0 Å². The van der Waals surface area contributed by atoms with E-state index in [1.807, 2.05) is 26.0 Å². The summed E-state index contributed by atoms with van der Waals surface area (Å²) < 4.78 is 5.48. The van der Waals surface area contributed by atoms with Gasteiger partial charge >= 0.3 is 0 Å². The third kappa shape index (κ3) is 3.93. The maximum absolute atomic E-state index is 12.2. The number of carbonyl (C=O) groups excluding carboxylic acids is 1. The van der Waals surface area contributed by atoms with Crippen molar-refractivity contribution in [3.05, 3.63) is 29.3 Å². The summed E-state index contributed by atoms with van der Waals surface area (Å²) >= 11 is 5.90. The van der Waals surface area contributed by atoms with Crippen LogP contribution in [0, 0.1) is 0 Å². The van der Waals surface area contributed by atoms with Crippen molar-refractivity contribution in [1.29, 1.82) is 0 Å². The molecule has 1 aromatic rings. The van der Waals surface area contributed by atoms with Crippen molar-refractivity contribution >= 4 is 23.2 Å². The van der Waals surface area contributed by atoms with Crippen LogP contribution in [0.4, 0.5) is 5.69 Å². The Kier molecular flexibility index (Phi) is 4.80. The highest BCUT2D eigenvalue weighted by molar-refractivity contribution is 6.30. The number of nitrogens with zero attached hydrogens (tertiary/aromatic N) is 1. The lowest BCUT2D eigenvalue weighted by Crippen LogP contribution is -2.50. The smallest absolute Gasteiger partial charge is 0.241 e. The second-order valence-corrected chi connectivity index (χ2v) is 5.29. The second kappa shape index (κ2) is 6.37. The zero-order valence-corrected chi connectivity index (χ0v) is 12.0. The first-order valence-corrected chi connectivity index (χ1v) is 6.86. The maximum Gasteiger partial charge on any atom is 0.241 e. The van der Waals surface area contributed by atoms with Crippen LogP contribution in [-0.4, -0.2) is 42.6 Å². The van der Waals surface area contributed by atoms with Gasteiger partial charge in [0.25, 0.3) is 0 Å². The number of amides is 1. The normalized spacial score (nSPS) is 21.9. The van der Waals surface area contributed by atoms with Crippen LogP contribution >= 0.6 is 11.6 Å². The van der Waals surface area contributed by atoms with Gasteiger partial charge in [-0.2, -0.15) is 0 Å². The van der Waals surface area contributed by atoms with Crippen LogP contribution in [0.2, 0.25) is 5.02 Å². The topological polar surface area (TPSA) is 41.6 Å². The van der Waals surface area contributed by atoms with Gasteiger partial charge in [0.15, 0.2) is 0 Å². The summed E-state index contributed by atoms with van der Waals surface area (Å²) in [5, 5.41) is 3.50. The predicted molar refractivity (Wildman–Crippen MR) is 76.5 cm³/mol. The zero-order chi connectivity index (χ0) is 13.8. The monoisotopic (exact) mass is 282 g/mol. The summed E-state index contributed by atoms with van der Waals surface area (Å²) in [6.07, 6.45) is 0.176. The summed E-state index contributed by atoms with van der Waals surface area (Å²) in [6.45, 7) is 6.18. The molecule has 0 spiro atoms. The lowest BCUT2D eigenvalue weighted by Gasteiger charge is -2.34. The molecule has 2 atom stereocenters. The van der Waals surface area contributed by atoms with Gasteiger partial charge in [0, 0.05) is 23.8 Å². The lowest BCUT2D eigenvalue weighted by molar-refractivity contribution is -0.123. The molecule has 1 saturated heterocycles. The Bertz CT molecular complexity index is 453.